The molecule has 1 N–H and O–H groups in total. The van der Waals surface area contributed by atoms with E-state index in [0.29, 0.717) is 11.8 Å². The van der Waals surface area contributed by atoms with Crippen LogP contribution in [-0.2, 0) is 20.7 Å². The minimum absolute atomic E-state index is 0.178. The van der Waals surface area contributed by atoms with E-state index in [-0.39, 0.29) is 30.9 Å². The molecule has 3 atom stereocenters. The quantitative estimate of drug-likeness (QED) is 0.794. The predicted molar refractivity (Wildman–Crippen MR) is 92.9 cm³/mol. The molecule has 0 bridgehead atoms. The maximum atomic E-state index is 12.0. The van der Waals surface area contributed by atoms with Crippen molar-refractivity contribution in [1.29, 1.82) is 0 Å². The summed E-state index contributed by atoms with van der Waals surface area (Å²) in [6.07, 6.45) is 3.54. The fraction of sp³-hybridized carbons (Fsp3) is 0.556. The van der Waals surface area contributed by atoms with Gasteiger partial charge in [-0.1, -0.05) is 54.8 Å². The number of esters is 1. The van der Waals surface area contributed by atoms with Crippen molar-refractivity contribution < 1.29 is 14.3 Å². The molecule has 2 rings (SSSR count). The van der Waals surface area contributed by atoms with Gasteiger partial charge in [0, 0.05) is 10.5 Å². The third kappa shape index (κ3) is 5.65. The Morgan fingerprint density at radius 1 is 1.22 bits per heavy atom. The van der Waals surface area contributed by atoms with Crippen LogP contribution in [0.5, 0.6) is 0 Å². The van der Waals surface area contributed by atoms with Crippen molar-refractivity contribution >= 4 is 27.8 Å². The number of nitrogens with one attached hydrogen (secondary N) is 1. The lowest BCUT2D eigenvalue weighted by atomic mass is 9.78. The summed E-state index contributed by atoms with van der Waals surface area (Å²) in [4.78, 5) is 23.8. The van der Waals surface area contributed by atoms with Crippen molar-refractivity contribution in [3.63, 3.8) is 0 Å². The molecule has 4 nitrogen and oxygen atoms in total. The topological polar surface area (TPSA) is 55.4 Å². The van der Waals surface area contributed by atoms with E-state index in [2.05, 4.69) is 35.1 Å². The average molecular weight is 382 g/mol. The molecular formula is C18H24BrNO3. The molecule has 5 heteroatoms. The Kier molecular flexibility index (Phi) is 6.63. The SMILES string of the molecule is C[C@H]1[C@@H](NC(=O)COC(=O)Cc2ccc(Br)cc2)CCC[C@@H]1C. The number of hydrogen-bond acceptors (Lipinski definition) is 3. The Balaban J connectivity index is 1.73. The van der Waals surface area contributed by atoms with Gasteiger partial charge in [-0.15, -0.1) is 0 Å². The number of carbonyl (C=O) groups is 2. The lowest BCUT2D eigenvalue weighted by Gasteiger charge is -2.34. The minimum Gasteiger partial charge on any atom is -0.455 e. The van der Waals surface area contributed by atoms with Crippen LogP contribution >= 0.6 is 15.9 Å². The van der Waals surface area contributed by atoms with Crippen molar-refractivity contribution in [3.05, 3.63) is 34.3 Å². The van der Waals surface area contributed by atoms with E-state index in [1.165, 1.54) is 6.42 Å². The summed E-state index contributed by atoms with van der Waals surface area (Å²) in [5.41, 5.74) is 0.869. The van der Waals surface area contributed by atoms with Crippen LogP contribution in [0.4, 0.5) is 0 Å². The summed E-state index contributed by atoms with van der Waals surface area (Å²) in [5.74, 6) is 0.493. The zero-order chi connectivity index (χ0) is 16.8. The summed E-state index contributed by atoms with van der Waals surface area (Å²) in [5, 5.41) is 3.00. The lowest BCUT2D eigenvalue weighted by Crippen LogP contribution is -2.45. The molecule has 1 amide bonds. The molecule has 126 valence electrons. The van der Waals surface area contributed by atoms with Gasteiger partial charge in [-0.25, -0.2) is 0 Å². The van der Waals surface area contributed by atoms with Gasteiger partial charge in [-0.2, -0.15) is 0 Å². The van der Waals surface area contributed by atoms with Crippen LogP contribution in [0.15, 0.2) is 28.7 Å². The molecule has 1 aliphatic rings. The highest BCUT2D eigenvalue weighted by Crippen LogP contribution is 2.29. The number of hydrogen-bond donors (Lipinski definition) is 1. The first-order valence-corrected chi connectivity index (χ1v) is 8.94. The van der Waals surface area contributed by atoms with Gasteiger partial charge in [0.2, 0.25) is 0 Å². The minimum atomic E-state index is -0.382. The first-order valence-electron chi connectivity index (χ1n) is 8.15. The van der Waals surface area contributed by atoms with Crippen molar-refractivity contribution in [2.45, 2.75) is 45.6 Å². The highest BCUT2D eigenvalue weighted by molar-refractivity contribution is 9.10. The Bertz CT molecular complexity index is 544. The summed E-state index contributed by atoms with van der Waals surface area (Å²) in [6, 6.07) is 7.66. The maximum absolute atomic E-state index is 12.0. The van der Waals surface area contributed by atoms with Crippen molar-refractivity contribution in [2.75, 3.05) is 6.61 Å². The molecule has 0 aromatic heterocycles. The third-order valence-corrected chi connectivity index (χ3v) is 5.21. The molecule has 1 aliphatic carbocycles. The zero-order valence-electron chi connectivity index (χ0n) is 13.7. The van der Waals surface area contributed by atoms with E-state index < -0.39 is 0 Å². The monoisotopic (exact) mass is 381 g/mol. The molecule has 0 saturated heterocycles. The fourth-order valence-corrected chi connectivity index (χ4v) is 3.26. The smallest absolute Gasteiger partial charge is 0.310 e. The van der Waals surface area contributed by atoms with E-state index >= 15 is 0 Å². The molecule has 0 radical (unpaired) electrons. The van der Waals surface area contributed by atoms with Crippen LogP contribution in [0.1, 0.15) is 38.7 Å². The van der Waals surface area contributed by atoms with Gasteiger partial charge in [-0.05, 0) is 36.0 Å². The molecule has 23 heavy (non-hydrogen) atoms. The van der Waals surface area contributed by atoms with Crippen LogP contribution in [0, 0.1) is 11.8 Å². The van der Waals surface area contributed by atoms with Crippen LogP contribution in [0.2, 0.25) is 0 Å². The number of carbonyl (C=O) groups excluding carboxylic acids is 2. The largest absolute Gasteiger partial charge is 0.455 e. The first-order chi connectivity index (χ1) is 11.0. The Morgan fingerprint density at radius 2 is 1.91 bits per heavy atom. The van der Waals surface area contributed by atoms with Crippen molar-refractivity contribution in [1.82, 2.24) is 5.32 Å². The molecule has 1 aromatic carbocycles. The molecule has 1 fully saturated rings. The number of benzene rings is 1. The van der Waals surface area contributed by atoms with Crippen molar-refractivity contribution in [3.8, 4) is 0 Å². The summed E-state index contributed by atoms with van der Waals surface area (Å²) >= 11 is 3.35. The molecule has 0 unspecified atom stereocenters. The fourth-order valence-electron chi connectivity index (χ4n) is 3.00. The van der Waals surface area contributed by atoms with Crippen LogP contribution < -0.4 is 5.32 Å². The van der Waals surface area contributed by atoms with E-state index in [1.54, 1.807) is 0 Å². The average Bonchev–Trinajstić information content (AvgIpc) is 2.52. The zero-order valence-corrected chi connectivity index (χ0v) is 15.3. The second-order valence-corrected chi connectivity index (χ2v) is 7.32. The van der Waals surface area contributed by atoms with E-state index in [9.17, 15) is 9.59 Å². The molecule has 1 aromatic rings. The van der Waals surface area contributed by atoms with Gasteiger partial charge in [0.1, 0.15) is 0 Å². The van der Waals surface area contributed by atoms with E-state index in [4.69, 9.17) is 4.74 Å². The lowest BCUT2D eigenvalue weighted by molar-refractivity contribution is -0.148. The Hall–Kier alpha value is -1.36. The molecule has 0 aliphatic heterocycles. The summed E-state index contributed by atoms with van der Waals surface area (Å²) < 4.78 is 6.04. The maximum Gasteiger partial charge on any atom is 0.310 e. The molecule has 0 spiro atoms. The highest BCUT2D eigenvalue weighted by atomic mass is 79.9. The van der Waals surface area contributed by atoms with E-state index in [1.807, 2.05) is 24.3 Å². The van der Waals surface area contributed by atoms with Crippen LogP contribution in [0.25, 0.3) is 0 Å². The number of rotatable bonds is 5. The Labute approximate surface area is 146 Å². The number of amides is 1. The number of ether oxygens (including phenoxy) is 1. The predicted octanol–water partition coefficient (Wildman–Crippen LogP) is 3.48. The molecule has 1 saturated carbocycles. The van der Waals surface area contributed by atoms with Crippen LogP contribution in [0.3, 0.4) is 0 Å². The van der Waals surface area contributed by atoms with Crippen molar-refractivity contribution in [2.24, 2.45) is 11.8 Å². The van der Waals surface area contributed by atoms with Gasteiger partial charge >= 0.3 is 5.97 Å². The molecular weight excluding hydrogens is 358 g/mol. The molecule has 0 heterocycles. The third-order valence-electron chi connectivity index (χ3n) is 4.68. The van der Waals surface area contributed by atoms with Crippen LogP contribution in [-0.4, -0.2) is 24.5 Å². The normalized spacial score (nSPS) is 24.0. The van der Waals surface area contributed by atoms with Gasteiger partial charge in [0.25, 0.3) is 5.91 Å². The first kappa shape index (κ1) is 18.0. The van der Waals surface area contributed by atoms with Gasteiger partial charge in [0.15, 0.2) is 6.61 Å². The highest BCUT2D eigenvalue weighted by Gasteiger charge is 2.28. The Morgan fingerprint density at radius 3 is 2.61 bits per heavy atom. The van der Waals surface area contributed by atoms with Gasteiger partial charge in [-0.3, -0.25) is 9.59 Å². The number of halogens is 1. The second kappa shape index (κ2) is 8.48. The standard InChI is InChI=1S/C18H24BrNO3/c1-12-4-3-5-16(13(12)2)20-17(21)11-23-18(22)10-14-6-8-15(19)9-7-14/h6-9,12-13,16H,3-5,10-11H2,1-2H3,(H,20,21)/t12-,13+,16-/m0/s1. The van der Waals surface area contributed by atoms with Gasteiger partial charge < -0.3 is 10.1 Å². The second-order valence-electron chi connectivity index (χ2n) is 6.41. The van der Waals surface area contributed by atoms with Gasteiger partial charge in [0.05, 0.1) is 6.42 Å². The van der Waals surface area contributed by atoms with E-state index in [0.717, 1.165) is 22.9 Å². The summed E-state index contributed by atoms with van der Waals surface area (Å²) in [6.45, 7) is 4.20. The summed E-state index contributed by atoms with van der Waals surface area (Å²) in [7, 11) is 0.